The first kappa shape index (κ1) is 30.6. The van der Waals surface area contributed by atoms with Crippen LogP contribution in [0.4, 0.5) is 4.79 Å². The van der Waals surface area contributed by atoms with Crippen LogP contribution in [-0.2, 0) is 21.4 Å². The molecule has 234 valence electrons. The van der Waals surface area contributed by atoms with Gasteiger partial charge in [-0.05, 0) is 50.9 Å². The van der Waals surface area contributed by atoms with Crippen LogP contribution in [0.2, 0.25) is 0 Å². The average molecular weight is 599 g/mol. The van der Waals surface area contributed by atoms with Crippen molar-refractivity contribution in [3.8, 4) is 11.5 Å². The van der Waals surface area contributed by atoms with Gasteiger partial charge in [-0.1, -0.05) is 18.2 Å². The third kappa shape index (κ3) is 5.74. The van der Waals surface area contributed by atoms with E-state index in [1.54, 1.807) is 13.1 Å². The summed E-state index contributed by atoms with van der Waals surface area (Å²) in [7, 11) is 3.71. The lowest BCUT2D eigenvalue weighted by Gasteiger charge is -2.56. The first-order valence-corrected chi connectivity index (χ1v) is 14.7. The molecule has 43 heavy (non-hydrogen) atoms. The van der Waals surface area contributed by atoms with Crippen molar-refractivity contribution >= 4 is 23.9 Å². The fraction of sp³-hybridized carbons (Fsp3) is 0.586. The van der Waals surface area contributed by atoms with Crippen LogP contribution >= 0.6 is 0 Å². The Morgan fingerprint density at radius 1 is 1.28 bits per heavy atom. The summed E-state index contributed by atoms with van der Waals surface area (Å²) in [6.45, 7) is 1.29. The Morgan fingerprint density at radius 2 is 2.07 bits per heavy atom. The standard InChI is InChI=1S/C29H42N8O6/c1-36-12-9-29-17-6-7-20(38)25(29)43-24-21(8-5-16(23(24)29)14-19(17)36)42-28(41)37(2)13-11-33-26(40)18(35-22(39)15-30)4-3-10-34-27(31)32/h5-8,17-20,25,38H,3-4,9-15,30H2,1-2H3,(H,33,40)(H,35,39)(H4,31,32,34)/t17-,18-,19+,20-,25-,29-/m0/s1. The SMILES string of the molecule is CN(CCNC(=O)[C@H](CCCNC(=N)N)NC(=O)CN)C(=O)Oc1ccc2c3c1O[C@H]1[C@@H](O)C=C[C@H]4[C@@H](C2)N(C)CC[C@@]341. The Bertz CT molecular complexity index is 1310. The van der Waals surface area contributed by atoms with Crippen molar-refractivity contribution in [2.24, 2.45) is 17.4 Å². The molecular formula is C29H42N8O6. The molecule has 0 aromatic heterocycles. The number of amides is 3. The summed E-state index contributed by atoms with van der Waals surface area (Å²) in [5, 5.41) is 26.1. The van der Waals surface area contributed by atoms with Crippen LogP contribution in [0.3, 0.4) is 0 Å². The zero-order valence-corrected chi connectivity index (χ0v) is 24.6. The van der Waals surface area contributed by atoms with Gasteiger partial charge in [-0.25, -0.2) is 4.79 Å². The largest absolute Gasteiger partial charge is 0.482 e. The van der Waals surface area contributed by atoms with Gasteiger partial charge in [-0.2, -0.15) is 0 Å². The Morgan fingerprint density at radius 3 is 2.81 bits per heavy atom. The highest BCUT2D eigenvalue weighted by Crippen LogP contribution is 2.62. The molecule has 2 heterocycles. The lowest BCUT2D eigenvalue weighted by Crippen LogP contribution is -2.64. The molecule has 2 aliphatic carbocycles. The first-order chi connectivity index (χ1) is 20.6. The van der Waals surface area contributed by atoms with Crippen LogP contribution in [0.15, 0.2) is 24.3 Å². The number of carbonyl (C=O) groups is 3. The van der Waals surface area contributed by atoms with Crippen molar-refractivity contribution in [3.63, 3.8) is 0 Å². The summed E-state index contributed by atoms with van der Waals surface area (Å²) in [5.41, 5.74) is 12.5. The minimum absolute atomic E-state index is 0.123. The van der Waals surface area contributed by atoms with Crippen LogP contribution in [0, 0.1) is 11.3 Å². The van der Waals surface area contributed by atoms with Crippen molar-refractivity contribution in [2.75, 3.05) is 46.8 Å². The van der Waals surface area contributed by atoms with Crippen molar-refractivity contribution in [1.82, 2.24) is 25.8 Å². The number of hydrogen-bond donors (Lipinski definition) is 7. The number of piperidine rings is 1. The number of carbonyl (C=O) groups excluding carboxylic acids is 3. The van der Waals surface area contributed by atoms with Crippen molar-refractivity contribution in [2.45, 2.75) is 55.4 Å². The van der Waals surface area contributed by atoms with Gasteiger partial charge in [-0.3, -0.25) is 15.0 Å². The second kappa shape index (κ2) is 12.4. The van der Waals surface area contributed by atoms with E-state index in [1.165, 1.54) is 4.90 Å². The number of aliphatic hydroxyl groups is 1. The quantitative estimate of drug-likeness (QED) is 0.0696. The van der Waals surface area contributed by atoms with Gasteiger partial charge in [0.15, 0.2) is 17.5 Å². The van der Waals surface area contributed by atoms with E-state index in [0.29, 0.717) is 36.9 Å². The molecule has 1 aromatic carbocycles. The Hall–Kier alpha value is -3.88. The number of nitrogens with two attached hydrogens (primary N) is 2. The summed E-state index contributed by atoms with van der Waals surface area (Å²) in [6, 6.07) is 3.26. The fourth-order valence-corrected chi connectivity index (χ4v) is 7.09. The van der Waals surface area contributed by atoms with Gasteiger partial charge >= 0.3 is 6.09 Å². The van der Waals surface area contributed by atoms with Gasteiger partial charge in [0.2, 0.25) is 11.8 Å². The predicted molar refractivity (Wildman–Crippen MR) is 158 cm³/mol. The molecule has 6 atom stereocenters. The van der Waals surface area contributed by atoms with Crippen LogP contribution in [0.5, 0.6) is 11.5 Å². The fourth-order valence-electron chi connectivity index (χ4n) is 7.09. The number of nitrogens with one attached hydrogen (secondary N) is 4. The molecule has 1 saturated heterocycles. The second-order valence-corrected chi connectivity index (χ2v) is 11.8. The van der Waals surface area contributed by atoms with Crippen LogP contribution in [0.25, 0.3) is 0 Å². The van der Waals surface area contributed by atoms with Crippen molar-refractivity contribution in [1.29, 1.82) is 5.41 Å². The van der Waals surface area contributed by atoms with Gasteiger partial charge < -0.3 is 51.8 Å². The number of rotatable bonds is 11. The molecule has 2 aliphatic heterocycles. The number of hydrogen-bond acceptors (Lipinski definition) is 9. The van der Waals surface area contributed by atoms with Crippen molar-refractivity contribution in [3.05, 3.63) is 35.4 Å². The van der Waals surface area contributed by atoms with E-state index < -0.39 is 36.2 Å². The molecule has 0 radical (unpaired) electrons. The van der Waals surface area contributed by atoms with E-state index in [-0.39, 0.29) is 36.9 Å². The third-order valence-corrected chi connectivity index (χ3v) is 9.21. The predicted octanol–water partition coefficient (Wildman–Crippen LogP) is -1.25. The number of aliphatic hydroxyl groups excluding tert-OH is 1. The molecule has 14 heteroatoms. The van der Waals surface area contributed by atoms with E-state index >= 15 is 0 Å². The van der Waals surface area contributed by atoms with E-state index in [9.17, 15) is 19.5 Å². The van der Waals surface area contributed by atoms with Crippen LogP contribution in [-0.4, -0.2) is 110 Å². The topological polar surface area (TPSA) is 208 Å². The monoisotopic (exact) mass is 598 g/mol. The molecule has 0 saturated carbocycles. The molecule has 1 aromatic rings. The highest BCUT2D eigenvalue weighted by Gasteiger charge is 2.64. The van der Waals surface area contributed by atoms with Gasteiger partial charge in [0.25, 0.3) is 0 Å². The molecule has 1 spiro atoms. The Labute approximate surface area is 250 Å². The molecule has 5 rings (SSSR count). The van der Waals surface area contributed by atoms with E-state index in [2.05, 4.69) is 34.0 Å². The third-order valence-electron chi connectivity index (χ3n) is 9.21. The number of nitrogens with zero attached hydrogens (tertiary/aromatic N) is 2. The number of guanidine groups is 1. The minimum Gasteiger partial charge on any atom is -0.482 e. The second-order valence-electron chi connectivity index (χ2n) is 11.8. The maximum absolute atomic E-state index is 13.1. The maximum Gasteiger partial charge on any atom is 0.415 e. The highest BCUT2D eigenvalue weighted by atomic mass is 16.6. The molecule has 9 N–H and O–H groups in total. The highest BCUT2D eigenvalue weighted by molar-refractivity contribution is 5.88. The summed E-state index contributed by atoms with van der Waals surface area (Å²) >= 11 is 0. The summed E-state index contributed by atoms with van der Waals surface area (Å²) in [4.78, 5) is 41.4. The lowest BCUT2D eigenvalue weighted by molar-refractivity contribution is -0.128. The van der Waals surface area contributed by atoms with Crippen molar-refractivity contribution < 1.29 is 29.0 Å². The van der Waals surface area contributed by atoms with Gasteiger partial charge in [-0.15, -0.1) is 0 Å². The molecular weight excluding hydrogens is 556 g/mol. The summed E-state index contributed by atoms with van der Waals surface area (Å²) in [6.07, 6.45) is 4.65. The average Bonchev–Trinajstić information content (AvgIpc) is 3.34. The summed E-state index contributed by atoms with van der Waals surface area (Å²) in [5.74, 6) is -0.00540. The smallest absolute Gasteiger partial charge is 0.415 e. The molecule has 0 unspecified atom stereocenters. The zero-order chi connectivity index (χ0) is 30.9. The number of benzene rings is 1. The number of likely N-dealkylation sites (N-methyl/N-ethyl adjacent to an activating group) is 2. The maximum atomic E-state index is 13.1. The Kier molecular flexibility index (Phi) is 8.81. The number of likely N-dealkylation sites (tertiary alicyclic amines) is 1. The van der Waals surface area contributed by atoms with E-state index in [4.69, 9.17) is 26.4 Å². The normalized spacial score (nSPS) is 26.9. The molecule has 1 fully saturated rings. The van der Waals surface area contributed by atoms with E-state index in [0.717, 1.165) is 30.5 Å². The van der Waals surface area contributed by atoms with Crippen LogP contribution < -0.4 is 36.9 Å². The van der Waals surface area contributed by atoms with Gasteiger partial charge in [0.1, 0.15) is 18.2 Å². The molecule has 4 aliphatic rings. The number of ether oxygens (including phenoxy) is 2. The summed E-state index contributed by atoms with van der Waals surface area (Å²) < 4.78 is 12.3. The Balaban J connectivity index is 1.21. The van der Waals surface area contributed by atoms with Crippen LogP contribution in [0.1, 0.15) is 30.4 Å². The zero-order valence-electron chi connectivity index (χ0n) is 24.6. The minimum atomic E-state index is -0.824. The molecule has 3 amide bonds. The molecule has 14 nitrogen and oxygen atoms in total. The van der Waals surface area contributed by atoms with Gasteiger partial charge in [0, 0.05) is 49.6 Å². The van der Waals surface area contributed by atoms with E-state index in [1.807, 2.05) is 12.1 Å². The lowest BCUT2D eigenvalue weighted by atomic mass is 9.53. The molecule has 2 bridgehead atoms. The first-order valence-electron chi connectivity index (χ1n) is 14.7. The van der Waals surface area contributed by atoms with Gasteiger partial charge in [0.05, 0.1) is 6.54 Å².